The van der Waals surface area contributed by atoms with E-state index in [9.17, 15) is 4.55 Å². The second-order valence-corrected chi connectivity index (χ2v) is 8.68. The van der Waals surface area contributed by atoms with E-state index in [1.807, 2.05) is 17.4 Å². The average Bonchev–Trinajstić information content (AvgIpc) is 3.03. The lowest BCUT2D eigenvalue weighted by molar-refractivity contribution is 0.592. The van der Waals surface area contributed by atoms with Crippen molar-refractivity contribution in [2.24, 2.45) is 0 Å². The van der Waals surface area contributed by atoms with Gasteiger partial charge < -0.3 is 4.55 Å². The number of thiophene rings is 1. The van der Waals surface area contributed by atoms with E-state index in [1.54, 1.807) is 6.26 Å². The predicted molar refractivity (Wildman–Crippen MR) is 107 cm³/mol. The number of unbranched alkanes of at least 4 members (excludes halogenated alkanes) is 1. The summed E-state index contributed by atoms with van der Waals surface area (Å²) in [5, 5.41) is 1.28. The van der Waals surface area contributed by atoms with Crippen LogP contribution in [0.1, 0.15) is 37.7 Å². The van der Waals surface area contributed by atoms with E-state index in [4.69, 9.17) is 0 Å². The Balaban J connectivity index is 2.02. The fourth-order valence-electron chi connectivity index (χ4n) is 3.08. The number of hydrogen-bond donors (Lipinski definition) is 0. The molecule has 0 amide bonds. The third-order valence-electron chi connectivity index (χ3n) is 4.45. The molecule has 24 heavy (non-hydrogen) atoms. The molecule has 0 N–H and O–H groups in total. The largest absolute Gasteiger partial charge is 0.612 e. The van der Waals surface area contributed by atoms with Gasteiger partial charge in [0, 0.05) is 15.1 Å². The van der Waals surface area contributed by atoms with Crippen LogP contribution in [0.25, 0.3) is 20.5 Å². The van der Waals surface area contributed by atoms with Crippen molar-refractivity contribution in [2.75, 3.05) is 6.26 Å². The highest BCUT2D eigenvalue weighted by Gasteiger charge is 2.18. The Labute approximate surface area is 151 Å². The molecular formula is C21H23OS2. The maximum atomic E-state index is 12.1. The van der Waals surface area contributed by atoms with Gasteiger partial charge in [-0.05, 0) is 64.8 Å². The summed E-state index contributed by atoms with van der Waals surface area (Å²) in [6, 6.07) is 17.1. The molecule has 0 aliphatic carbocycles. The molecule has 1 aromatic heterocycles. The summed E-state index contributed by atoms with van der Waals surface area (Å²) in [5.41, 5.74) is 2.45. The van der Waals surface area contributed by atoms with Crippen molar-refractivity contribution in [1.29, 1.82) is 0 Å². The fourth-order valence-corrected chi connectivity index (χ4v) is 4.99. The van der Waals surface area contributed by atoms with Crippen molar-refractivity contribution in [2.45, 2.75) is 37.0 Å². The van der Waals surface area contributed by atoms with Gasteiger partial charge in [-0.15, -0.1) is 11.3 Å². The molecule has 125 valence electrons. The zero-order valence-electron chi connectivity index (χ0n) is 14.2. The molecule has 1 heterocycles. The quantitative estimate of drug-likeness (QED) is 0.468. The molecule has 0 aliphatic rings. The van der Waals surface area contributed by atoms with E-state index in [0.717, 1.165) is 24.2 Å². The van der Waals surface area contributed by atoms with E-state index in [-0.39, 0.29) is 0 Å². The van der Waals surface area contributed by atoms with E-state index in [1.165, 1.54) is 26.1 Å². The van der Waals surface area contributed by atoms with Gasteiger partial charge in [-0.1, -0.05) is 44.9 Å². The lowest BCUT2D eigenvalue weighted by Gasteiger charge is -2.17. The summed E-state index contributed by atoms with van der Waals surface area (Å²) in [5.74, 6) is 0.403. The van der Waals surface area contributed by atoms with Crippen LogP contribution in [0.2, 0.25) is 0 Å². The second kappa shape index (κ2) is 7.73. The minimum absolute atomic E-state index is 0.403. The van der Waals surface area contributed by atoms with Crippen molar-refractivity contribution >= 4 is 32.6 Å². The van der Waals surface area contributed by atoms with E-state index < -0.39 is 11.2 Å². The van der Waals surface area contributed by atoms with E-state index >= 15 is 0 Å². The van der Waals surface area contributed by atoms with Gasteiger partial charge in [0.2, 0.25) is 0 Å². The monoisotopic (exact) mass is 355 g/mol. The van der Waals surface area contributed by atoms with Crippen molar-refractivity contribution in [3.8, 4) is 10.4 Å². The maximum absolute atomic E-state index is 12.1. The van der Waals surface area contributed by atoms with Crippen LogP contribution in [0.5, 0.6) is 0 Å². The Hall–Kier alpha value is -1.29. The molecule has 3 aromatic rings. The van der Waals surface area contributed by atoms with Crippen LogP contribution in [-0.2, 0) is 11.2 Å². The van der Waals surface area contributed by atoms with E-state index in [0.29, 0.717) is 5.92 Å². The minimum atomic E-state index is -0.958. The van der Waals surface area contributed by atoms with Gasteiger partial charge in [0.15, 0.2) is 4.90 Å². The molecule has 3 heteroatoms. The Morgan fingerprint density at radius 1 is 1.17 bits per heavy atom. The zero-order chi connectivity index (χ0) is 17.1. The highest BCUT2D eigenvalue weighted by Crippen LogP contribution is 2.37. The van der Waals surface area contributed by atoms with Crippen LogP contribution in [-0.4, -0.2) is 10.8 Å². The van der Waals surface area contributed by atoms with Crippen molar-refractivity contribution in [3.63, 3.8) is 0 Å². The molecule has 0 spiro atoms. The Bertz CT molecular complexity index is 787. The van der Waals surface area contributed by atoms with Crippen LogP contribution < -0.4 is 0 Å². The molecule has 0 aliphatic heterocycles. The number of fused-ring (bicyclic) bond motifs is 1. The van der Waals surface area contributed by atoms with Gasteiger partial charge in [0.1, 0.15) is 6.26 Å². The molecule has 2 aromatic carbocycles. The van der Waals surface area contributed by atoms with E-state index in [2.05, 4.69) is 56.3 Å². The average molecular weight is 356 g/mol. The molecule has 0 saturated heterocycles. The van der Waals surface area contributed by atoms with Crippen molar-refractivity contribution < 1.29 is 4.55 Å². The van der Waals surface area contributed by atoms with Crippen molar-refractivity contribution in [3.05, 3.63) is 61.0 Å². The lowest BCUT2D eigenvalue weighted by Crippen LogP contribution is -2.06. The van der Waals surface area contributed by atoms with Crippen LogP contribution in [0, 0.1) is 6.92 Å². The summed E-state index contributed by atoms with van der Waals surface area (Å²) >= 11 is 0.859. The first-order valence-electron chi connectivity index (χ1n) is 8.35. The molecule has 1 nitrogen and oxygen atoms in total. The van der Waals surface area contributed by atoms with Crippen LogP contribution in [0.4, 0.5) is 0 Å². The standard InChI is InChI=1S/C21H23OS2/c1-4-5-8-15(2)18-13-17(11-12-21(18)24(3)22)20-14-16-9-6-7-10-19(16)23-20/h6-7,9-15H,1,4-5,8H2,2-3H3. The first-order valence-corrected chi connectivity index (χ1v) is 10.7. The van der Waals surface area contributed by atoms with Crippen LogP contribution >= 0.6 is 11.3 Å². The smallest absolute Gasteiger partial charge is 0.155 e. The number of benzene rings is 2. The molecule has 2 unspecified atom stereocenters. The van der Waals surface area contributed by atoms with Gasteiger partial charge in [-0.25, -0.2) is 0 Å². The molecule has 0 fully saturated rings. The van der Waals surface area contributed by atoms with Gasteiger partial charge in [0.25, 0.3) is 0 Å². The summed E-state index contributed by atoms with van der Waals surface area (Å²) in [7, 11) is 0. The fraction of sp³-hybridized carbons (Fsp3) is 0.286. The number of hydrogen-bond acceptors (Lipinski definition) is 2. The summed E-state index contributed by atoms with van der Waals surface area (Å²) < 4.78 is 13.4. The van der Waals surface area contributed by atoms with Gasteiger partial charge in [0.05, 0.1) is 0 Å². The van der Waals surface area contributed by atoms with Gasteiger partial charge in [-0.2, -0.15) is 0 Å². The SMILES string of the molecule is [CH2]CCCC(C)c1cc(-c2cc3ccccc3s2)ccc1[S+](C)[O-]. The first kappa shape index (κ1) is 17.5. The first-order chi connectivity index (χ1) is 11.6. The summed E-state index contributed by atoms with van der Waals surface area (Å²) in [6.07, 6.45) is 4.91. The molecule has 2 atom stereocenters. The molecular weight excluding hydrogens is 332 g/mol. The summed E-state index contributed by atoms with van der Waals surface area (Å²) in [4.78, 5) is 2.24. The topological polar surface area (TPSA) is 23.1 Å². The summed E-state index contributed by atoms with van der Waals surface area (Å²) in [6.45, 7) is 6.17. The molecule has 0 bridgehead atoms. The predicted octanol–water partition coefficient (Wildman–Crippen LogP) is 6.41. The number of rotatable bonds is 6. The molecule has 1 radical (unpaired) electrons. The highest BCUT2D eigenvalue weighted by molar-refractivity contribution is 7.90. The third kappa shape index (κ3) is 3.69. The minimum Gasteiger partial charge on any atom is -0.612 e. The Kier molecular flexibility index (Phi) is 5.65. The molecule has 3 rings (SSSR count). The molecule has 0 saturated carbocycles. The van der Waals surface area contributed by atoms with Crippen molar-refractivity contribution in [1.82, 2.24) is 0 Å². The van der Waals surface area contributed by atoms with Crippen LogP contribution in [0.3, 0.4) is 0 Å². The van der Waals surface area contributed by atoms with Gasteiger partial charge >= 0.3 is 0 Å². The normalized spacial score (nSPS) is 14.0. The Morgan fingerprint density at radius 3 is 2.67 bits per heavy atom. The second-order valence-electron chi connectivity index (χ2n) is 6.25. The highest BCUT2D eigenvalue weighted by atomic mass is 32.2. The van der Waals surface area contributed by atoms with Gasteiger partial charge in [-0.3, -0.25) is 0 Å². The maximum Gasteiger partial charge on any atom is 0.155 e. The lowest BCUT2D eigenvalue weighted by atomic mass is 9.94. The third-order valence-corrected chi connectivity index (χ3v) is 6.60. The Morgan fingerprint density at radius 2 is 1.96 bits per heavy atom. The van der Waals surface area contributed by atoms with Crippen LogP contribution in [0.15, 0.2) is 53.4 Å². The zero-order valence-corrected chi connectivity index (χ0v) is 15.9.